The smallest absolute Gasteiger partial charge is 0.395 e. The first-order valence-corrected chi connectivity index (χ1v) is 13.5. The van der Waals surface area contributed by atoms with Crippen molar-refractivity contribution in [1.82, 2.24) is 4.57 Å². The Morgan fingerprint density at radius 1 is 1.15 bits per heavy atom. The fourth-order valence-electron chi connectivity index (χ4n) is 4.66. The van der Waals surface area contributed by atoms with Crippen molar-refractivity contribution < 1.29 is 32.2 Å². The van der Waals surface area contributed by atoms with E-state index in [1.807, 2.05) is 20.8 Å². The van der Waals surface area contributed by atoms with E-state index < -0.39 is 47.5 Å². The molecule has 0 spiro atoms. The van der Waals surface area contributed by atoms with E-state index in [1.165, 1.54) is 30.5 Å². The van der Waals surface area contributed by atoms with E-state index in [2.05, 4.69) is 0 Å². The van der Waals surface area contributed by atoms with Gasteiger partial charge in [-0.15, -0.1) is 0 Å². The van der Waals surface area contributed by atoms with Crippen molar-refractivity contribution in [2.24, 2.45) is 5.92 Å². The highest BCUT2D eigenvalue weighted by atomic mass is 35.5. The number of ether oxygens (including phenoxy) is 3. The van der Waals surface area contributed by atoms with Gasteiger partial charge in [0.2, 0.25) is 0 Å². The minimum Gasteiger partial charge on any atom is -0.491 e. The lowest BCUT2D eigenvalue weighted by molar-refractivity contribution is -0.181. The predicted octanol–water partition coefficient (Wildman–Crippen LogP) is 7.15. The minimum absolute atomic E-state index is 0.0489. The van der Waals surface area contributed by atoms with E-state index in [-0.39, 0.29) is 25.2 Å². The second-order valence-corrected chi connectivity index (χ2v) is 12.0. The fraction of sp³-hybridized carbons (Fsp3) is 0.586. The topological polar surface area (TPSA) is 66.8 Å². The molecule has 0 radical (unpaired) electrons. The van der Waals surface area contributed by atoms with Crippen LogP contribution in [-0.2, 0) is 20.7 Å². The van der Waals surface area contributed by atoms with Crippen molar-refractivity contribution in [3.63, 3.8) is 0 Å². The Bertz CT molecular complexity index is 1230. The van der Waals surface area contributed by atoms with E-state index in [9.17, 15) is 22.8 Å². The van der Waals surface area contributed by atoms with Gasteiger partial charge >= 0.3 is 12.1 Å². The fourth-order valence-corrected chi connectivity index (χ4v) is 4.83. The van der Waals surface area contributed by atoms with Crippen molar-refractivity contribution >= 4 is 17.6 Å². The van der Waals surface area contributed by atoms with Crippen LogP contribution in [0.2, 0.25) is 5.02 Å². The molecule has 2 atom stereocenters. The summed E-state index contributed by atoms with van der Waals surface area (Å²) in [6, 6.07) is 4.78. The molecular formula is C29H37ClF3NO5. The number of nitrogens with zero attached hydrogens (tertiary/aromatic N) is 1. The van der Waals surface area contributed by atoms with Crippen LogP contribution in [0.5, 0.6) is 5.75 Å². The SMILES string of the molecule is CCCC(C)(C)OCCC(C(=O)OC(C)(C)C)n1cc2c(cc1=O)-c1cc(Cl)ccc1C[C@@H](C(F)(F)F)CO2. The highest BCUT2D eigenvalue weighted by Crippen LogP contribution is 2.40. The van der Waals surface area contributed by atoms with E-state index in [0.29, 0.717) is 21.7 Å². The third kappa shape index (κ3) is 8.24. The van der Waals surface area contributed by atoms with Crippen molar-refractivity contribution in [2.75, 3.05) is 13.2 Å². The van der Waals surface area contributed by atoms with Crippen LogP contribution in [0.15, 0.2) is 35.3 Å². The normalized spacial score (nSPS) is 16.8. The lowest BCUT2D eigenvalue weighted by atomic mass is 9.91. The first-order valence-electron chi connectivity index (χ1n) is 13.1. The zero-order valence-electron chi connectivity index (χ0n) is 23.3. The highest BCUT2D eigenvalue weighted by molar-refractivity contribution is 6.30. The summed E-state index contributed by atoms with van der Waals surface area (Å²) >= 11 is 6.18. The maximum atomic E-state index is 13.8. The van der Waals surface area contributed by atoms with Gasteiger partial charge in [-0.1, -0.05) is 31.0 Å². The summed E-state index contributed by atoms with van der Waals surface area (Å²) in [6.45, 7) is 10.6. The van der Waals surface area contributed by atoms with Gasteiger partial charge in [-0.05, 0) is 70.7 Å². The number of carbonyl (C=O) groups excluding carboxylic acids is 1. The van der Waals surface area contributed by atoms with Crippen LogP contribution >= 0.6 is 11.6 Å². The Morgan fingerprint density at radius 2 is 1.85 bits per heavy atom. The highest BCUT2D eigenvalue weighted by Gasteiger charge is 2.41. The second kappa shape index (κ2) is 11.9. The number of halogens is 4. The molecule has 10 heteroatoms. The Labute approximate surface area is 232 Å². The monoisotopic (exact) mass is 571 g/mol. The number of aromatic nitrogens is 1. The van der Waals surface area contributed by atoms with Gasteiger partial charge in [0, 0.05) is 29.7 Å². The van der Waals surface area contributed by atoms with Crippen LogP contribution in [0.4, 0.5) is 13.2 Å². The molecule has 1 unspecified atom stereocenters. The van der Waals surface area contributed by atoms with Crippen LogP contribution in [0.1, 0.15) is 72.4 Å². The van der Waals surface area contributed by atoms with Crippen LogP contribution < -0.4 is 10.3 Å². The summed E-state index contributed by atoms with van der Waals surface area (Å²) < 4.78 is 59.8. The molecule has 39 heavy (non-hydrogen) atoms. The van der Waals surface area contributed by atoms with Gasteiger partial charge in [-0.3, -0.25) is 9.36 Å². The molecule has 6 nitrogen and oxygen atoms in total. The molecule has 0 saturated heterocycles. The lowest BCUT2D eigenvalue weighted by Crippen LogP contribution is -2.37. The van der Waals surface area contributed by atoms with Crippen LogP contribution in [0.25, 0.3) is 11.1 Å². The molecule has 0 aliphatic carbocycles. The Morgan fingerprint density at radius 3 is 2.46 bits per heavy atom. The average Bonchev–Trinajstić information content (AvgIpc) is 2.78. The van der Waals surface area contributed by atoms with E-state index in [0.717, 1.165) is 17.4 Å². The summed E-state index contributed by atoms with van der Waals surface area (Å²) in [6.07, 6.45) is -1.68. The van der Waals surface area contributed by atoms with Gasteiger partial charge in [0.15, 0.2) is 0 Å². The maximum absolute atomic E-state index is 13.8. The quantitative estimate of drug-likeness (QED) is 0.315. The number of alkyl halides is 3. The number of rotatable bonds is 8. The molecule has 216 valence electrons. The van der Waals surface area contributed by atoms with Crippen molar-refractivity contribution in [3.8, 4) is 16.9 Å². The Kier molecular flexibility index (Phi) is 9.48. The van der Waals surface area contributed by atoms with E-state index in [1.54, 1.807) is 20.8 Å². The number of carbonyl (C=O) groups is 1. The molecule has 0 fully saturated rings. The zero-order chi connectivity index (χ0) is 29.2. The van der Waals surface area contributed by atoms with Crippen molar-refractivity contribution in [3.05, 3.63) is 51.4 Å². The van der Waals surface area contributed by atoms with Crippen LogP contribution in [0.3, 0.4) is 0 Å². The molecule has 0 saturated carbocycles. The van der Waals surface area contributed by atoms with Gasteiger partial charge in [-0.2, -0.15) is 13.2 Å². The number of benzene rings is 1. The molecule has 3 rings (SSSR count). The third-order valence-corrected chi connectivity index (χ3v) is 6.76. The molecule has 2 aromatic rings. The summed E-state index contributed by atoms with van der Waals surface area (Å²) in [7, 11) is 0. The molecule has 1 aromatic heterocycles. The molecular weight excluding hydrogens is 535 g/mol. The third-order valence-electron chi connectivity index (χ3n) is 6.53. The zero-order valence-corrected chi connectivity index (χ0v) is 24.0. The number of pyridine rings is 1. The summed E-state index contributed by atoms with van der Waals surface area (Å²) in [5.74, 6) is -2.36. The van der Waals surface area contributed by atoms with E-state index >= 15 is 0 Å². The lowest BCUT2D eigenvalue weighted by Gasteiger charge is -2.29. The predicted molar refractivity (Wildman–Crippen MR) is 144 cm³/mol. The summed E-state index contributed by atoms with van der Waals surface area (Å²) in [4.78, 5) is 26.7. The minimum atomic E-state index is -4.50. The van der Waals surface area contributed by atoms with Crippen LogP contribution in [0, 0.1) is 5.92 Å². The molecule has 0 amide bonds. The van der Waals surface area contributed by atoms with Gasteiger partial charge < -0.3 is 14.2 Å². The number of hydrogen-bond donors (Lipinski definition) is 0. The first-order chi connectivity index (χ1) is 18.0. The van der Waals surface area contributed by atoms with Crippen molar-refractivity contribution in [1.29, 1.82) is 0 Å². The van der Waals surface area contributed by atoms with Gasteiger partial charge in [0.05, 0.1) is 17.7 Å². The average molecular weight is 572 g/mol. The van der Waals surface area contributed by atoms with Gasteiger partial charge in [-0.25, -0.2) is 4.79 Å². The summed E-state index contributed by atoms with van der Waals surface area (Å²) in [5.41, 5.74) is -0.676. The molecule has 1 aliphatic heterocycles. The molecule has 1 aromatic carbocycles. The second-order valence-electron chi connectivity index (χ2n) is 11.5. The standard InChI is InChI=1S/C29H37ClF3NO5/c1-7-11-28(5,6)38-12-10-23(26(36)39-27(2,3)4)34-16-24-22(15-25(34)35)21-14-20(30)9-8-18(21)13-19(17-37-24)29(31,32)33/h8-9,14-16,19,23H,7,10-13,17H2,1-6H3/t19-,23?/m1/s1. The first kappa shape index (κ1) is 31.0. The molecule has 1 aliphatic rings. The number of hydrogen-bond acceptors (Lipinski definition) is 5. The Balaban J connectivity index is 2.08. The largest absolute Gasteiger partial charge is 0.491 e. The molecule has 0 bridgehead atoms. The molecule has 0 N–H and O–H groups in total. The number of esters is 1. The van der Waals surface area contributed by atoms with Crippen LogP contribution in [-0.4, -0.2) is 41.1 Å². The van der Waals surface area contributed by atoms with Gasteiger partial charge in [0.25, 0.3) is 5.56 Å². The number of fused-ring (bicyclic) bond motifs is 3. The Hall–Kier alpha value is -2.52. The molecule has 2 heterocycles. The van der Waals surface area contributed by atoms with Crippen molar-refractivity contribution in [2.45, 2.75) is 90.6 Å². The maximum Gasteiger partial charge on any atom is 0.395 e. The summed E-state index contributed by atoms with van der Waals surface area (Å²) in [5, 5.41) is 0.312. The van der Waals surface area contributed by atoms with Gasteiger partial charge in [0.1, 0.15) is 24.0 Å². The van der Waals surface area contributed by atoms with E-state index in [4.69, 9.17) is 25.8 Å².